The Morgan fingerprint density at radius 1 is 1.11 bits per heavy atom. The number of benzene rings is 2. The summed E-state index contributed by atoms with van der Waals surface area (Å²) in [6.45, 7) is 1.40. The van der Waals surface area contributed by atoms with E-state index in [-0.39, 0.29) is 11.9 Å². The molecule has 1 aliphatic rings. The van der Waals surface area contributed by atoms with Gasteiger partial charge in [-0.2, -0.15) is 5.26 Å². The molecular weight excluding hydrogens is 350 g/mol. The van der Waals surface area contributed by atoms with Gasteiger partial charge in [0.25, 0.3) is 5.91 Å². The van der Waals surface area contributed by atoms with E-state index in [1.807, 2.05) is 36.4 Å². The topological polar surface area (TPSA) is 81.9 Å². The van der Waals surface area contributed by atoms with Gasteiger partial charge in [0.15, 0.2) is 0 Å². The number of rotatable bonds is 4. The highest BCUT2D eigenvalue weighted by Crippen LogP contribution is 2.21. The number of aromatic nitrogens is 2. The predicted octanol–water partition coefficient (Wildman–Crippen LogP) is 3.02. The quantitative estimate of drug-likeness (QED) is 0.764. The third kappa shape index (κ3) is 3.69. The minimum atomic E-state index is -0.219. The first-order chi connectivity index (χ1) is 13.7. The van der Waals surface area contributed by atoms with Crippen molar-refractivity contribution in [2.45, 2.75) is 12.5 Å². The molecule has 1 atom stereocenters. The number of nitrogens with one attached hydrogen (secondary N) is 1. The molecule has 138 valence electrons. The monoisotopic (exact) mass is 369 g/mol. The lowest BCUT2D eigenvalue weighted by atomic mass is 10.1. The molecule has 2 heterocycles. The first kappa shape index (κ1) is 17.7. The fourth-order valence-corrected chi connectivity index (χ4v) is 3.37. The largest absolute Gasteiger partial charge is 0.347 e. The first-order valence-electron chi connectivity index (χ1n) is 9.18. The molecule has 0 saturated carbocycles. The van der Waals surface area contributed by atoms with Crippen molar-refractivity contribution in [3.63, 3.8) is 0 Å². The number of anilines is 1. The third-order valence-corrected chi connectivity index (χ3v) is 4.81. The van der Waals surface area contributed by atoms with Crippen molar-refractivity contribution in [2.24, 2.45) is 0 Å². The predicted molar refractivity (Wildman–Crippen MR) is 107 cm³/mol. The van der Waals surface area contributed by atoms with E-state index in [9.17, 15) is 10.1 Å². The number of nitrogens with zero attached hydrogens (tertiary/aromatic N) is 4. The van der Waals surface area contributed by atoms with Crippen LogP contribution in [0, 0.1) is 11.3 Å². The number of amides is 1. The zero-order valence-corrected chi connectivity index (χ0v) is 15.2. The van der Waals surface area contributed by atoms with Crippen LogP contribution in [0.3, 0.4) is 0 Å². The maximum absolute atomic E-state index is 12.6. The fraction of sp³-hybridized carbons (Fsp3) is 0.182. The standard InChI is InChI=1S/C22H19N5O/c23-14-17-8-4-5-9-19(17)21(28)25-18-11-13-27(15-18)22-24-12-10-20(26-22)16-6-2-1-3-7-16/h1-10,12,18H,11,13,15H2,(H,25,28). The van der Waals surface area contributed by atoms with E-state index in [1.165, 1.54) is 0 Å². The molecular formula is C22H19N5O. The molecule has 1 saturated heterocycles. The number of hydrogen-bond donors (Lipinski definition) is 1. The van der Waals surface area contributed by atoms with Gasteiger partial charge in [-0.15, -0.1) is 0 Å². The van der Waals surface area contributed by atoms with Crippen molar-refractivity contribution in [1.82, 2.24) is 15.3 Å². The van der Waals surface area contributed by atoms with E-state index in [0.29, 0.717) is 23.6 Å². The Morgan fingerprint density at radius 3 is 2.71 bits per heavy atom. The summed E-state index contributed by atoms with van der Waals surface area (Å²) >= 11 is 0. The Hall–Kier alpha value is -3.72. The van der Waals surface area contributed by atoms with Crippen molar-refractivity contribution in [1.29, 1.82) is 5.26 Å². The van der Waals surface area contributed by atoms with Gasteiger partial charge in [0.1, 0.15) is 0 Å². The number of hydrogen-bond acceptors (Lipinski definition) is 5. The highest BCUT2D eigenvalue weighted by atomic mass is 16.1. The van der Waals surface area contributed by atoms with Crippen molar-refractivity contribution >= 4 is 11.9 Å². The van der Waals surface area contributed by atoms with Crippen molar-refractivity contribution < 1.29 is 4.79 Å². The van der Waals surface area contributed by atoms with Gasteiger partial charge in [-0.1, -0.05) is 42.5 Å². The molecule has 6 nitrogen and oxygen atoms in total. The second-order valence-corrected chi connectivity index (χ2v) is 6.67. The molecule has 28 heavy (non-hydrogen) atoms. The molecule has 6 heteroatoms. The molecule has 4 rings (SSSR count). The first-order valence-corrected chi connectivity index (χ1v) is 9.18. The zero-order valence-electron chi connectivity index (χ0n) is 15.2. The van der Waals surface area contributed by atoms with Crippen molar-refractivity contribution in [3.8, 4) is 17.3 Å². The molecule has 3 aromatic rings. The van der Waals surface area contributed by atoms with E-state index in [1.54, 1.807) is 30.5 Å². The summed E-state index contributed by atoms with van der Waals surface area (Å²) in [6.07, 6.45) is 2.57. The lowest BCUT2D eigenvalue weighted by molar-refractivity contribution is 0.0940. The molecule has 0 radical (unpaired) electrons. The van der Waals surface area contributed by atoms with Gasteiger partial charge in [0, 0.05) is 30.9 Å². The van der Waals surface area contributed by atoms with Crippen molar-refractivity contribution in [3.05, 3.63) is 78.0 Å². The second-order valence-electron chi connectivity index (χ2n) is 6.67. The lowest BCUT2D eigenvalue weighted by Crippen LogP contribution is -2.37. The van der Waals surface area contributed by atoms with Crippen LogP contribution in [0.2, 0.25) is 0 Å². The number of carbonyl (C=O) groups excluding carboxylic acids is 1. The minimum Gasteiger partial charge on any atom is -0.347 e. The second kappa shape index (κ2) is 7.89. The SMILES string of the molecule is N#Cc1ccccc1C(=O)NC1CCN(c2nccc(-c3ccccc3)n2)C1. The highest BCUT2D eigenvalue weighted by Gasteiger charge is 2.26. The molecule has 1 fully saturated rings. The van der Waals surface area contributed by atoms with Gasteiger partial charge in [0.2, 0.25) is 5.95 Å². The Bertz CT molecular complexity index is 1030. The number of carbonyl (C=O) groups is 1. The maximum atomic E-state index is 12.6. The molecule has 0 bridgehead atoms. The Balaban J connectivity index is 1.45. The smallest absolute Gasteiger partial charge is 0.252 e. The van der Waals surface area contributed by atoms with Crippen LogP contribution in [0.4, 0.5) is 5.95 Å². The van der Waals surface area contributed by atoms with Gasteiger partial charge in [0.05, 0.1) is 22.9 Å². The van der Waals surface area contributed by atoms with Crippen LogP contribution in [-0.4, -0.2) is 35.0 Å². The van der Waals surface area contributed by atoms with Gasteiger partial charge in [-0.3, -0.25) is 4.79 Å². The highest BCUT2D eigenvalue weighted by molar-refractivity contribution is 5.96. The minimum absolute atomic E-state index is 0.0109. The molecule has 1 aromatic heterocycles. The van der Waals surface area contributed by atoms with E-state index in [4.69, 9.17) is 0 Å². The van der Waals surface area contributed by atoms with Crippen LogP contribution >= 0.6 is 0 Å². The molecule has 1 aliphatic heterocycles. The van der Waals surface area contributed by atoms with Gasteiger partial charge < -0.3 is 10.2 Å². The average Bonchev–Trinajstić information content (AvgIpc) is 3.23. The summed E-state index contributed by atoms with van der Waals surface area (Å²) in [7, 11) is 0. The normalized spacial score (nSPS) is 15.8. The van der Waals surface area contributed by atoms with Gasteiger partial charge in [-0.05, 0) is 24.6 Å². The summed E-state index contributed by atoms with van der Waals surface area (Å²) in [6, 6.07) is 20.8. The molecule has 0 spiro atoms. The summed E-state index contributed by atoms with van der Waals surface area (Å²) < 4.78 is 0. The molecule has 1 amide bonds. The van der Waals surface area contributed by atoms with Crippen molar-refractivity contribution in [2.75, 3.05) is 18.0 Å². The van der Waals surface area contributed by atoms with Crippen LogP contribution < -0.4 is 10.2 Å². The Labute approximate surface area is 163 Å². The van der Waals surface area contributed by atoms with E-state index in [2.05, 4.69) is 26.3 Å². The van der Waals surface area contributed by atoms with Gasteiger partial charge >= 0.3 is 0 Å². The van der Waals surface area contributed by atoms with Crippen LogP contribution in [-0.2, 0) is 0 Å². The van der Waals surface area contributed by atoms with Crippen LogP contribution in [0.25, 0.3) is 11.3 Å². The lowest BCUT2D eigenvalue weighted by Gasteiger charge is -2.17. The Kier molecular flexibility index (Phi) is 4.98. The fourth-order valence-electron chi connectivity index (χ4n) is 3.37. The van der Waals surface area contributed by atoms with E-state index >= 15 is 0 Å². The summed E-state index contributed by atoms with van der Waals surface area (Å²) in [5.74, 6) is 0.443. The summed E-state index contributed by atoms with van der Waals surface area (Å²) in [4.78, 5) is 23.7. The molecule has 1 unspecified atom stereocenters. The van der Waals surface area contributed by atoms with Gasteiger partial charge in [-0.25, -0.2) is 9.97 Å². The molecule has 2 aromatic carbocycles. The molecule has 0 aliphatic carbocycles. The van der Waals surface area contributed by atoms with Crippen LogP contribution in [0.5, 0.6) is 0 Å². The number of nitriles is 1. The van der Waals surface area contributed by atoms with E-state index in [0.717, 1.165) is 24.2 Å². The third-order valence-electron chi connectivity index (χ3n) is 4.81. The molecule has 1 N–H and O–H groups in total. The van der Waals surface area contributed by atoms with Crippen LogP contribution in [0.1, 0.15) is 22.3 Å². The summed E-state index contributed by atoms with van der Waals surface area (Å²) in [5, 5.41) is 12.2. The van der Waals surface area contributed by atoms with E-state index < -0.39 is 0 Å². The van der Waals surface area contributed by atoms with Crippen LogP contribution in [0.15, 0.2) is 66.9 Å². The Morgan fingerprint density at radius 2 is 1.89 bits per heavy atom. The zero-order chi connectivity index (χ0) is 19.3. The maximum Gasteiger partial charge on any atom is 0.252 e. The average molecular weight is 369 g/mol. The summed E-state index contributed by atoms with van der Waals surface area (Å²) in [5.41, 5.74) is 2.71.